The Morgan fingerprint density at radius 3 is 2.86 bits per heavy atom. The molecule has 0 heterocycles. The Morgan fingerprint density at radius 2 is 2.21 bits per heavy atom. The zero-order chi connectivity index (χ0) is 10.4. The Balaban J connectivity index is 2.81. The third kappa shape index (κ3) is 3.50. The Morgan fingerprint density at radius 1 is 1.43 bits per heavy atom. The molecule has 0 bridgehead atoms. The van der Waals surface area contributed by atoms with Gasteiger partial charge in [0.1, 0.15) is 11.6 Å². The molecule has 0 amide bonds. The van der Waals surface area contributed by atoms with E-state index in [1.165, 1.54) is 19.2 Å². The van der Waals surface area contributed by atoms with Gasteiger partial charge in [0.15, 0.2) is 0 Å². The third-order valence-electron chi connectivity index (χ3n) is 1.72. The summed E-state index contributed by atoms with van der Waals surface area (Å²) in [5.41, 5.74) is 0.822. The van der Waals surface area contributed by atoms with E-state index in [9.17, 15) is 4.39 Å². The molecule has 14 heavy (non-hydrogen) atoms. The van der Waals surface area contributed by atoms with Crippen molar-refractivity contribution in [2.45, 2.75) is 6.42 Å². The predicted octanol–water partition coefficient (Wildman–Crippen LogP) is 3.63. The van der Waals surface area contributed by atoms with Gasteiger partial charge in [-0.15, -0.1) is 0 Å². The summed E-state index contributed by atoms with van der Waals surface area (Å²) in [4.78, 5) is 0. The monoisotopic (exact) mass is 258 g/mol. The van der Waals surface area contributed by atoms with Crippen LogP contribution in [0.2, 0.25) is 0 Å². The largest absolute Gasteiger partial charge is 0.497 e. The van der Waals surface area contributed by atoms with E-state index < -0.39 is 0 Å². The van der Waals surface area contributed by atoms with E-state index in [-0.39, 0.29) is 5.82 Å². The van der Waals surface area contributed by atoms with Gasteiger partial charge in [-0.25, -0.2) is 4.39 Å². The van der Waals surface area contributed by atoms with E-state index in [2.05, 4.69) is 15.9 Å². The van der Waals surface area contributed by atoms with Gasteiger partial charge in [-0.1, -0.05) is 28.1 Å². The molecular formula is C11H12BrFO. The highest BCUT2D eigenvalue weighted by molar-refractivity contribution is 9.09. The quantitative estimate of drug-likeness (QED) is 0.750. The topological polar surface area (TPSA) is 9.23 Å². The van der Waals surface area contributed by atoms with E-state index >= 15 is 0 Å². The summed E-state index contributed by atoms with van der Waals surface area (Å²) in [5, 5.41) is 0.913. The summed E-state index contributed by atoms with van der Waals surface area (Å²) in [7, 11) is 1.53. The second-order valence-corrected chi connectivity index (χ2v) is 3.60. The van der Waals surface area contributed by atoms with Gasteiger partial charge < -0.3 is 4.74 Å². The maximum Gasteiger partial charge on any atom is 0.127 e. The van der Waals surface area contributed by atoms with Crippen LogP contribution in [0.5, 0.6) is 5.75 Å². The lowest BCUT2D eigenvalue weighted by Crippen LogP contribution is -1.85. The molecule has 0 spiro atoms. The van der Waals surface area contributed by atoms with E-state index in [4.69, 9.17) is 4.74 Å². The molecule has 1 rings (SSSR count). The predicted molar refractivity (Wildman–Crippen MR) is 60.4 cm³/mol. The fourth-order valence-corrected chi connectivity index (χ4v) is 1.35. The summed E-state index contributed by atoms with van der Waals surface area (Å²) in [6.07, 6.45) is 4.80. The first-order chi connectivity index (χ1) is 6.76. The minimum absolute atomic E-state index is 0.275. The number of alkyl halides is 1. The van der Waals surface area contributed by atoms with Crippen LogP contribution in [-0.2, 0) is 0 Å². The van der Waals surface area contributed by atoms with E-state index in [0.29, 0.717) is 5.75 Å². The standard InChI is InChI=1S/C11H12BrFO/c1-14-11-7-9(4-2-3-5-12)6-10(13)8-11/h2,4,6-8H,3,5H2,1H3. The van der Waals surface area contributed by atoms with Gasteiger partial charge in [0.05, 0.1) is 7.11 Å². The van der Waals surface area contributed by atoms with Crippen LogP contribution in [-0.4, -0.2) is 12.4 Å². The van der Waals surface area contributed by atoms with Crippen LogP contribution in [0.1, 0.15) is 12.0 Å². The molecule has 76 valence electrons. The molecule has 0 saturated carbocycles. The van der Waals surface area contributed by atoms with E-state index in [1.54, 1.807) is 6.07 Å². The minimum atomic E-state index is -0.275. The molecule has 1 aromatic carbocycles. The van der Waals surface area contributed by atoms with Crippen LogP contribution in [0.25, 0.3) is 6.08 Å². The average Bonchev–Trinajstić information content (AvgIpc) is 2.17. The molecule has 0 unspecified atom stereocenters. The van der Waals surface area contributed by atoms with Gasteiger partial charge in [0, 0.05) is 11.4 Å². The number of benzene rings is 1. The van der Waals surface area contributed by atoms with Crippen molar-refractivity contribution < 1.29 is 9.13 Å². The summed E-state index contributed by atoms with van der Waals surface area (Å²) >= 11 is 3.32. The number of allylic oxidation sites excluding steroid dienone is 1. The molecule has 1 nitrogen and oxygen atoms in total. The van der Waals surface area contributed by atoms with Crippen LogP contribution >= 0.6 is 15.9 Å². The minimum Gasteiger partial charge on any atom is -0.497 e. The van der Waals surface area contributed by atoms with Crippen molar-refractivity contribution in [3.63, 3.8) is 0 Å². The van der Waals surface area contributed by atoms with Crippen molar-refractivity contribution in [3.8, 4) is 5.75 Å². The van der Waals surface area contributed by atoms with Crippen molar-refractivity contribution in [1.82, 2.24) is 0 Å². The number of methoxy groups -OCH3 is 1. The average molecular weight is 259 g/mol. The fourth-order valence-electron chi connectivity index (χ4n) is 1.08. The van der Waals surface area contributed by atoms with Crippen LogP contribution in [0.3, 0.4) is 0 Å². The molecule has 0 radical (unpaired) electrons. The van der Waals surface area contributed by atoms with Crippen molar-refractivity contribution >= 4 is 22.0 Å². The Labute approximate surface area is 91.7 Å². The van der Waals surface area contributed by atoms with Crippen LogP contribution in [0.15, 0.2) is 24.3 Å². The van der Waals surface area contributed by atoms with Gasteiger partial charge in [-0.05, 0) is 24.1 Å². The molecule has 0 aliphatic heterocycles. The summed E-state index contributed by atoms with van der Waals surface area (Å²) in [6.45, 7) is 0. The maximum absolute atomic E-state index is 13.0. The number of hydrogen-bond acceptors (Lipinski definition) is 1. The number of hydrogen-bond donors (Lipinski definition) is 0. The summed E-state index contributed by atoms with van der Waals surface area (Å²) in [6, 6.07) is 4.64. The number of ether oxygens (including phenoxy) is 1. The molecule has 0 aliphatic rings. The first-order valence-corrected chi connectivity index (χ1v) is 5.45. The van der Waals surface area contributed by atoms with Crippen LogP contribution < -0.4 is 4.74 Å². The first-order valence-electron chi connectivity index (χ1n) is 4.33. The second kappa shape index (κ2) is 5.81. The number of halogens is 2. The first kappa shape index (κ1) is 11.2. The lowest BCUT2D eigenvalue weighted by atomic mass is 10.2. The zero-order valence-corrected chi connectivity index (χ0v) is 9.55. The Bertz CT molecular complexity index is 323. The number of rotatable bonds is 4. The van der Waals surface area contributed by atoms with Gasteiger partial charge in [-0.3, -0.25) is 0 Å². The van der Waals surface area contributed by atoms with Gasteiger partial charge >= 0.3 is 0 Å². The van der Waals surface area contributed by atoms with E-state index in [0.717, 1.165) is 17.3 Å². The third-order valence-corrected chi connectivity index (χ3v) is 2.17. The van der Waals surface area contributed by atoms with Crippen molar-refractivity contribution in [3.05, 3.63) is 35.7 Å². The van der Waals surface area contributed by atoms with Crippen LogP contribution in [0, 0.1) is 5.82 Å². The zero-order valence-electron chi connectivity index (χ0n) is 7.97. The Hall–Kier alpha value is -0.830. The highest BCUT2D eigenvalue weighted by atomic mass is 79.9. The molecule has 3 heteroatoms. The van der Waals surface area contributed by atoms with E-state index in [1.807, 2.05) is 12.2 Å². The van der Waals surface area contributed by atoms with Crippen molar-refractivity contribution in [1.29, 1.82) is 0 Å². The van der Waals surface area contributed by atoms with Gasteiger partial charge in [-0.2, -0.15) is 0 Å². The Kier molecular flexibility index (Phi) is 4.66. The molecule has 0 saturated heterocycles. The molecule has 0 atom stereocenters. The highest BCUT2D eigenvalue weighted by Gasteiger charge is 1.97. The molecular weight excluding hydrogens is 247 g/mol. The molecule has 0 N–H and O–H groups in total. The SMILES string of the molecule is COc1cc(F)cc(C=CCCBr)c1. The normalized spacial score (nSPS) is 10.8. The smallest absolute Gasteiger partial charge is 0.127 e. The van der Waals surface area contributed by atoms with Gasteiger partial charge in [0.25, 0.3) is 0 Å². The van der Waals surface area contributed by atoms with Crippen LogP contribution in [0.4, 0.5) is 4.39 Å². The van der Waals surface area contributed by atoms with Crippen molar-refractivity contribution in [2.24, 2.45) is 0 Å². The van der Waals surface area contributed by atoms with Gasteiger partial charge in [0.2, 0.25) is 0 Å². The lowest BCUT2D eigenvalue weighted by molar-refractivity contribution is 0.411. The highest BCUT2D eigenvalue weighted by Crippen LogP contribution is 2.17. The second-order valence-electron chi connectivity index (χ2n) is 2.80. The lowest BCUT2D eigenvalue weighted by Gasteiger charge is -2.01. The molecule has 0 aromatic heterocycles. The fraction of sp³-hybridized carbons (Fsp3) is 0.273. The summed E-state index contributed by atoms with van der Waals surface area (Å²) < 4.78 is 18.0. The molecule has 1 aromatic rings. The summed E-state index contributed by atoms with van der Waals surface area (Å²) in [5.74, 6) is 0.270. The maximum atomic E-state index is 13.0. The molecule has 0 aliphatic carbocycles. The molecule has 0 fully saturated rings. The van der Waals surface area contributed by atoms with Crippen molar-refractivity contribution in [2.75, 3.05) is 12.4 Å².